The molecule has 5 nitrogen and oxygen atoms in total. The molecule has 0 saturated carbocycles. The molecular formula is C13H13ClFNO4. The minimum absolute atomic E-state index is 0.0510. The molecule has 1 fully saturated rings. The lowest BCUT2D eigenvalue weighted by atomic mass is 10.1. The second-order valence-corrected chi connectivity index (χ2v) is 4.95. The zero-order valence-corrected chi connectivity index (χ0v) is 11.4. The van der Waals surface area contributed by atoms with E-state index in [1.807, 2.05) is 0 Å². The molecule has 1 aromatic rings. The summed E-state index contributed by atoms with van der Waals surface area (Å²) in [6, 6.07) is 2.68. The minimum Gasteiger partial charge on any atom is -0.467 e. The van der Waals surface area contributed by atoms with Crippen molar-refractivity contribution in [3.63, 3.8) is 0 Å². The molecule has 0 bridgehead atoms. The van der Waals surface area contributed by atoms with Gasteiger partial charge in [-0.15, -0.1) is 0 Å². The van der Waals surface area contributed by atoms with Crippen LogP contribution < -0.4 is 0 Å². The highest BCUT2D eigenvalue weighted by atomic mass is 35.5. The largest absolute Gasteiger partial charge is 0.467 e. The van der Waals surface area contributed by atoms with E-state index in [2.05, 4.69) is 4.74 Å². The van der Waals surface area contributed by atoms with E-state index in [1.165, 1.54) is 19.2 Å². The highest BCUT2D eigenvalue weighted by molar-refractivity contribution is 6.31. The molecule has 0 radical (unpaired) electrons. The van der Waals surface area contributed by atoms with Crippen LogP contribution in [0.3, 0.4) is 0 Å². The molecule has 1 aromatic carbocycles. The Bertz CT molecular complexity index is 551. The van der Waals surface area contributed by atoms with Crippen molar-refractivity contribution >= 4 is 23.5 Å². The highest BCUT2D eigenvalue weighted by Crippen LogP contribution is 2.24. The van der Waals surface area contributed by atoms with Crippen molar-refractivity contribution in [3.05, 3.63) is 34.6 Å². The smallest absolute Gasteiger partial charge is 0.328 e. The van der Waals surface area contributed by atoms with Crippen molar-refractivity contribution in [2.24, 2.45) is 0 Å². The third-order valence-corrected chi connectivity index (χ3v) is 3.41. The molecule has 1 amide bonds. The summed E-state index contributed by atoms with van der Waals surface area (Å²) in [7, 11) is 1.19. The topological polar surface area (TPSA) is 66.8 Å². The Morgan fingerprint density at radius 1 is 1.50 bits per heavy atom. The first-order valence-corrected chi connectivity index (χ1v) is 6.33. The Hall–Kier alpha value is -1.66. The van der Waals surface area contributed by atoms with Gasteiger partial charge in [0.25, 0.3) is 5.91 Å². The predicted molar refractivity (Wildman–Crippen MR) is 68.9 cm³/mol. The molecule has 1 aliphatic rings. The van der Waals surface area contributed by atoms with Crippen LogP contribution in [-0.2, 0) is 9.53 Å². The van der Waals surface area contributed by atoms with Gasteiger partial charge in [0.15, 0.2) is 0 Å². The van der Waals surface area contributed by atoms with Gasteiger partial charge in [0.1, 0.15) is 11.9 Å². The average Bonchev–Trinajstić information content (AvgIpc) is 2.82. The number of carbonyl (C=O) groups excluding carboxylic acids is 2. The number of β-amino-alcohol motifs (C(OH)–C–C–N with tert-alkyl or cyclic N) is 1. The maximum absolute atomic E-state index is 13.7. The fourth-order valence-electron chi connectivity index (χ4n) is 2.21. The molecule has 20 heavy (non-hydrogen) atoms. The molecule has 0 aliphatic carbocycles. The van der Waals surface area contributed by atoms with Gasteiger partial charge in [0.2, 0.25) is 0 Å². The van der Waals surface area contributed by atoms with Gasteiger partial charge in [-0.25, -0.2) is 9.18 Å². The summed E-state index contributed by atoms with van der Waals surface area (Å²) in [5.74, 6) is -2.07. The summed E-state index contributed by atoms with van der Waals surface area (Å²) in [6.07, 6.45) is -0.772. The van der Waals surface area contributed by atoms with Gasteiger partial charge in [-0.2, -0.15) is 0 Å². The van der Waals surface area contributed by atoms with E-state index in [9.17, 15) is 19.1 Å². The van der Waals surface area contributed by atoms with Crippen molar-refractivity contribution in [1.29, 1.82) is 0 Å². The SMILES string of the molecule is COC(=O)C1CC(O)CN1C(=O)c1cc(Cl)ccc1F. The molecule has 2 unspecified atom stereocenters. The van der Waals surface area contributed by atoms with E-state index < -0.39 is 29.8 Å². The molecular weight excluding hydrogens is 289 g/mol. The van der Waals surface area contributed by atoms with Crippen LogP contribution in [-0.4, -0.2) is 47.7 Å². The standard InChI is InChI=1S/C13H13ClFNO4/c1-20-13(19)11-5-8(17)6-16(11)12(18)9-4-7(14)2-3-10(9)15/h2-4,8,11,17H,5-6H2,1H3. The van der Waals surface area contributed by atoms with Gasteiger partial charge in [-0.1, -0.05) is 11.6 Å². The molecule has 1 N–H and O–H groups in total. The Morgan fingerprint density at radius 3 is 2.85 bits per heavy atom. The molecule has 2 atom stereocenters. The first kappa shape index (κ1) is 14.7. The summed E-state index contributed by atoms with van der Waals surface area (Å²) in [6.45, 7) is -0.0510. The second kappa shape index (κ2) is 5.76. The number of ether oxygens (including phenoxy) is 1. The lowest BCUT2D eigenvalue weighted by molar-refractivity contribution is -0.145. The molecule has 1 heterocycles. The number of hydrogen-bond acceptors (Lipinski definition) is 4. The Labute approximate surface area is 119 Å². The minimum atomic E-state index is -0.916. The number of methoxy groups -OCH3 is 1. The number of hydrogen-bond donors (Lipinski definition) is 1. The summed E-state index contributed by atoms with van der Waals surface area (Å²) in [4.78, 5) is 25.0. The van der Waals surface area contributed by atoms with Crippen LogP contribution >= 0.6 is 11.6 Å². The van der Waals surface area contributed by atoms with Gasteiger partial charge >= 0.3 is 5.97 Å². The van der Waals surface area contributed by atoms with Crippen molar-refractivity contribution in [1.82, 2.24) is 4.90 Å². The van der Waals surface area contributed by atoms with Gasteiger partial charge in [-0.3, -0.25) is 4.79 Å². The number of amides is 1. The number of aliphatic hydroxyl groups is 1. The van der Waals surface area contributed by atoms with Crippen LogP contribution in [0, 0.1) is 5.82 Å². The number of benzene rings is 1. The quantitative estimate of drug-likeness (QED) is 0.834. The van der Waals surface area contributed by atoms with E-state index in [0.717, 1.165) is 11.0 Å². The fourth-order valence-corrected chi connectivity index (χ4v) is 2.39. The Balaban J connectivity index is 2.31. The van der Waals surface area contributed by atoms with Gasteiger partial charge in [0, 0.05) is 18.0 Å². The Kier molecular flexibility index (Phi) is 4.25. The number of aliphatic hydroxyl groups excluding tert-OH is 1. The zero-order valence-electron chi connectivity index (χ0n) is 10.7. The molecule has 0 spiro atoms. The monoisotopic (exact) mass is 301 g/mol. The van der Waals surface area contributed by atoms with Gasteiger partial charge < -0.3 is 14.7 Å². The van der Waals surface area contributed by atoms with Crippen molar-refractivity contribution < 1.29 is 23.8 Å². The van der Waals surface area contributed by atoms with Crippen LogP contribution in [0.1, 0.15) is 16.8 Å². The number of likely N-dealkylation sites (tertiary alicyclic amines) is 1. The predicted octanol–water partition coefficient (Wildman–Crippen LogP) is 1.23. The molecule has 1 aliphatic heterocycles. The first-order valence-electron chi connectivity index (χ1n) is 5.96. The second-order valence-electron chi connectivity index (χ2n) is 4.51. The molecule has 108 valence electrons. The maximum Gasteiger partial charge on any atom is 0.328 e. The summed E-state index contributed by atoms with van der Waals surface area (Å²) < 4.78 is 18.3. The van der Waals surface area contributed by atoms with Crippen molar-refractivity contribution in [2.45, 2.75) is 18.6 Å². The van der Waals surface area contributed by atoms with Crippen LogP contribution in [0.15, 0.2) is 18.2 Å². The maximum atomic E-state index is 13.7. The highest BCUT2D eigenvalue weighted by Gasteiger charge is 2.40. The van der Waals surface area contributed by atoms with Gasteiger partial charge in [0.05, 0.1) is 18.8 Å². The fraction of sp³-hybridized carbons (Fsp3) is 0.385. The summed E-state index contributed by atoms with van der Waals surface area (Å²) >= 11 is 5.74. The third-order valence-electron chi connectivity index (χ3n) is 3.17. The Morgan fingerprint density at radius 2 is 2.20 bits per heavy atom. The average molecular weight is 302 g/mol. The first-order chi connectivity index (χ1) is 9.43. The van der Waals surface area contributed by atoms with E-state index in [4.69, 9.17) is 11.6 Å². The molecule has 1 saturated heterocycles. The number of rotatable bonds is 2. The number of esters is 1. The van der Waals surface area contributed by atoms with Crippen LogP contribution in [0.25, 0.3) is 0 Å². The van der Waals surface area contributed by atoms with E-state index in [-0.39, 0.29) is 23.6 Å². The summed E-state index contributed by atoms with van der Waals surface area (Å²) in [5.41, 5.74) is -0.236. The van der Waals surface area contributed by atoms with Gasteiger partial charge in [-0.05, 0) is 18.2 Å². The van der Waals surface area contributed by atoms with E-state index in [1.54, 1.807) is 0 Å². The number of carbonyl (C=O) groups is 2. The van der Waals surface area contributed by atoms with E-state index in [0.29, 0.717) is 0 Å². The zero-order chi connectivity index (χ0) is 14.9. The van der Waals surface area contributed by atoms with Crippen LogP contribution in [0.4, 0.5) is 4.39 Å². The molecule has 0 aromatic heterocycles. The number of halogens is 2. The number of nitrogens with zero attached hydrogens (tertiary/aromatic N) is 1. The molecule has 2 rings (SSSR count). The van der Waals surface area contributed by atoms with E-state index >= 15 is 0 Å². The van der Waals surface area contributed by atoms with Crippen LogP contribution in [0.2, 0.25) is 5.02 Å². The lowest BCUT2D eigenvalue weighted by Crippen LogP contribution is -2.41. The third kappa shape index (κ3) is 2.76. The summed E-state index contributed by atoms with van der Waals surface area (Å²) in [5, 5.41) is 9.82. The lowest BCUT2D eigenvalue weighted by Gasteiger charge is -2.22. The van der Waals surface area contributed by atoms with Crippen LogP contribution in [0.5, 0.6) is 0 Å². The van der Waals surface area contributed by atoms with Crippen molar-refractivity contribution in [2.75, 3.05) is 13.7 Å². The normalized spacial score (nSPS) is 21.9. The van der Waals surface area contributed by atoms with Crippen molar-refractivity contribution in [3.8, 4) is 0 Å². The molecule has 7 heteroatoms.